The molecule has 0 saturated heterocycles. The Bertz CT molecular complexity index is 582. The van der Waals surface area contributed by atoms with E-state index < -0.39 is 28.0 Å². The summed E-state index contributed by atoms with van der Waals surface area (Å²) in [6.45, 7) is 6.55. The Kier molecular flexibility index (Phi) is 5.29. The maximum absolute atomic E-state index is 13.7. The van der Waals surface area contributed by atoms with Crippen molar-refractivity contribution in [2.45, 2.75) is 57.6 Å². The largest absolute Gasteiger partial charge is 0.392 e. The first-order valence-electron chi connectivity index (χ1n) is 6.57. The molecule has 0 amide bonds. The Morgan fingerprint density at radius 3 is 2.45 bits per heavy atom. The number of benzene rings is 1. The Morgan fingerprint density at radius 1 is 1.35 bits per heavy atom. The Morgan fingerprint density at radius 2 is 1.95 bits per heavy atom. The van der Waals surface area contributed by atoms with Crippen LogP contribution in [0.15, 0.2) is 17.0 Å². The number of aliphatic hydroxyl groups is 1. The van der Waals surface area contributed by atoms with Crippen molar-refractivity contribution >= 4 is 10.0 Å². The van der Waals surface area contributed by atoms with Crippen LogP contribution in [0.4, 0.5) is 4.39 Å². The summed E-state index contributed by atoms with van der Waals surface area (Å²) in [5, 5.41) is 9.08. The summed E-state index contributed by atoms with van der Waals surface area (Å²) in [6.07, 6.45) is 1.51. The van der Waals surface area contributed by atoms with Crippen molar-refractivity contribution in [2.75, 3.05) is 0 Å². The second kappa shape index (κ2) is 6.20. The first-order chi connectivity index (χ1) is 9.13. The van der Waals surface area contributed by atoms with Gasteiger partial charge in [-0.25, -0.2) is 17.5 Å². The molecule has 0 aliphatic carbocycles. The van der Waals surface area contributed by atoms with Crippen molar-refractivity contribution in [1.29, 1.82) is 0 Å². The molecule has 0 bridgehead atoms. The highest BCUT2D eigenvalue weighted by molar-refractivity contribution is 7.89. The van der Waals surface area contributed by atoms with Gasteiger partial charge in [0.1, 0.15) is 5.82 Å². The normalized spacial score (nSPS) is 12.7. The number of aliphatic hydroxyl groups excluding tert-OH is 1. The van der Waals surface area contributed by atoms with Crippen LogP contribution >= 0.6 is 0 Å². The first-order valence-corrected chi connectivity index (χ1v) is 8.05. The molecule has 20 heavy (non-hydrogen) atoms. The molecule has 0 atom stereocenters. The molecule has 0 heterocycles. The summed E-state index contributed by atoms with van der Waals surface area (Å²) in [6, 6.07) is 2.45. The van der Waals surface area contributed by atoms with E-state index in [1.54, 1.807) is 13.8 Å². The lowest BCUT2D eigenvalue weighted by molar-refractivity contribution is 0.281. The smallest absolute Gasteiger partial charge is 0.241 e. The topological polar surface area (TPSA) is 66.4 Å². The molecule has 0 saturated carbocycles. The summed E-state index contributed by atoms with van der Waals surface area (Å²) < 4.78 is 41.1. The summed E-state index contributed by atoms with van der Waals surface area (Å²) in [4.78, 5) is -0.120. The van der Waals surface area contributed by atoms with E-state index in [-0.39, 0.29) is 16.0 Å². The van der Waals surface area contributed by atoms with Gasteiger partial charge in [0.05, 0.1) is 11.5 Å². The van der Waals surface area contributed by atoms with Gasteiger partial charge in [-0.15, -0.1) is 0 Å². The molecule has 1 aromatic rings. The van der Waals surface area contributed by atoms with Crippen molar-refractivity contribution in [1.82, 2.24) is 4.72 Å². The molecule has 0 radical (unpaired) electrons. The van der Waals surface area contributed by atoms with Gasteiger partial charge >= 0.3 is 0 Å². The van der Waals surface area contributed by atoms with Crippen molar-refractivity contribution in [2.24, 2.45) is 0 Å². The minimum atomic E-state index is -3.83. The van der Waals surface area contributed by atoms with E-state index >= 15 is 0 Å². The number of nitrogens with one attached hydrogen (secondary N) is 1. The molecule has 0 aliphatic rings. The molecular formula is C14H22FNO3S. The average Bonchev–Trinajstić information content (AvgIpc) is 2.30. The molecular weight excluding hydrogens is 281 g/mol. The first kappa shape index (κ1) is 17.1. The highest BCUT2D eigenvalue weighted by Crippen LogP contribution is 2.23. The van der Waals surface area contributed by atoms with E-state index in [0.29, 0.717) is 6.42 Å². The van der Waals surface area contributed by atoms with Crippen molar-refractivity contribution in [3.63, 3.8) is 0 Å². The third-order valence-corrected chi connectivity index (χ3v) is 4.94. The summed E-state index contributed by atoms with van der Waals surface area (Å²) in [7, 11) is -3.83. The minimum absolute atomic E-state index is 0.0574. The number of rotatable bonds is 6. The molecule has 0 aliphatic heterocycles. The maximum atomic E-state index is 13.7. The van der Waals surface area contributed by atoms with Crippen LogP contribution in [0.1, 0.15) is 44.7 Å². The number of hydrogen-bond donors (Lipinski definition) is 2. The van der Waals surface area contributed by atoms with Crippen LogP contribution in [-0.4, -0.2) is 19.1 Å². The summed E-state index contributed by atoms with van der Waals surface area (Å²) in [5.74, 6) is -0.634. The monoisotopic (exact) mass is 303 g/mol. The molecule has 114 valence electrons. The zero-order chi connectivity index (χ0) is 15.6. The Labute approximate surface area is 120 Å². The van der Waals surface area contributed by atoms with E-state index in [9.17, 15) is 12.8 Å². The lowest BCUT2D eigenvalue weighted by atomic mass is 10.0. The van der Waals surface area contributed by atoms with Crippen LogP contribution in [0.2, 0.25) is 0 Å². The van der Waals surface area contributed by atoms with Gasteiger partial charge in [0.25, 0.3) is 0 Å². The van der Waals surface area contributed by atoms with Gasteiger partial charge in [-0.05, 0) is 44.9 Å². The maximum Gasteiger partial charge on any atom is 0.241 e. The molecule has 6 heteroatoms. The zero-order valence-electron chi connectivity index (χ0n) is 12.3. The van der Waals surface area contributed by atoms with E-state index in [0.717, 1.165) is 12.5 Å². The second-order valence-corrected chi connectivity index (χ2v) is 7.25. The zero-order valence-corrected chi connectivity index (χ0v) is 13.1. The Hall–Kier alpha value is -0.980. The lowest BCUT2D eigenvalue weighted by Gasteiger charge is -2.26. The highest BCUT2D eigenvalue weighted by atomic mass is 32.2. The fourth-order valence-electron chi connectivity index (χ4n) is 2.17. The molecule has 2 N–H and O–H groups in total. The SMILES string of the molecule is CCCC(C)(C)NS(=O)(=O)c1cc(CO)cc(F)c1C. The van der Waals surface area contributed by atoms with Crippen molar-refractivity contribution in [3.8, 4) is 0 Å². The lowest BCUT2D eigenvalue weighted by Crippen LogP contribution is -2.43. The summed E-state index contributed by atoms with van der Waals surface area (Å²) >= 11 is 0. The molecule has 0 unspecified atom stereocenters. The predicted octanol–water partition coefficient (Wildman–Crippen LogP) is 2.48. The van der Waals surface area contributed by atoms with Crippen LogP contribution in [0, 0.1) is 12.7 Å². The summed E-state index contributed by atoms with van der Waals surface area (Å²) in [5.41, 5.74) is -0.310. The predicted molar refractivity (Wildman–Crippen MR) is 76.4 cm³/mol. The molecule has 4 nitrogen and oxygen atoms in total. The van der Waals surface area contributed by atoms with Crippen molar-refractivity contribution < 1.29 is 17.9 Å². The molecule has 0 fully saturated rings. The van der Waals surface area contributed by atoms with E-state index in [4.69, 9.17) is 5.11 Å². The standard InChI is InChI=1S/C14H22FNO3S/c1-5-6-14(3,4)16-20(18,19)13-8-11(9-17)7-12(15)10(13)2/h7-8,16-17H,5-6,9H2,1-4H3. The second-order valence-electron chi connectivity index (χ2n) is 5.60. The number of halogens is 1. The van der Waals surface area contributed by atoms with Crippen molar-refractivity contribution in [3.05, 3.63) is 29.1 Å². The minimum Gasteiger partial charge on any atom is -0.392 e. The van der Waals surface area contributed by atoms with Crippen LogP contribution in [-0.2, 0) is 16.6 Å². The van der Waals surface area contributed by atoms with Gasteiger partial charge in [-0.3, -0.25) is 0 Å². The molecule has 1 aromatic carbocycles. The van der Waals surface area contributed by atoms with Gasteiger partial charge in [-0.2, -0.15) is 0 Å². The van der Waals surface area contributed by atoms with Gasteiger partial charge in [0.15, 0.2) is 0 Å². The highest BCUT2D eigenvalue weighted by Gasteiger charge is 2.27. The molecule has 0 spiro atoms. The average molecular weight is 303 g/mol. The van der Waals surface area contributed by atoms with Crippen LogP contribution < -0.4 is 4.72 Å². The van der Waals surface area contributed by atoms with E-state index in [1.165, 1.54) is 13.0 Å². The molecule has 1 rings (SSSR count). The van der Waals surface area contributed by atoms with E-state index in [2.05, 4.69) is 4.72 Å². The number of sulfonamides is 1. The van der Waals surface area contributed by atoms with Crippen LogP contribution in [0.25, 0.3) is 0 Å². The van der Waals surface area contributed by atoms with Gasteiger partial charge in [0.2, 0.25) is 10.0 Å². The van der Waals surface area contributed by atoms with Gasteiger partial charge in [-0.1, -0.05) is 13.3 Å². The van der Waals surface area contributed by atoms with Crippen LogP contribution in [0.3, 0.4) is 0 Å². The van der Waals surface area contributed by atoms with Gasteiger partial charge < -0.3 is 5.11 Å². The van der Waals surface area contributed by atoms with Crippen LogP contribution in [0.5, 0.6) is 0 Å². The fourth-order valence-corrected chi connectivity index (χ4v) is 3.92. The Balaban J connectivity index is 3.25. The molecule has 0 aromatic heterocycles. The quantitative estimate of drug-likeness (QED) is 0.848. The third-order valence-electron chi connectivity index (χ3n) is 3.11. The number of hydrogen-bond acceptors (Lipinski definition) is 3. The fraction of sp³-hybridized carbons (Fsp3) is 0.571. The third kappa shape index (κ3) is 4.01. The van der Waals surface area contributed by atoms with Gasteiger partial charge in [0, 0.05) is 11.1 Å². The van der Waals surface area contributed by atoms with E-state index in [1.807, 2.05) is 6.92 Å².